The van der Waals surface area contributed by atoms with Crippen LogP contribution in [0.4, 0.5) is 4.79 Å². The van der Waals surface area contributed by atoms with Crippen LogP contribution in [0.1, 0.15) is 26.7 Å². The maximum atomic E-state index is 11.5. The van der Waals surface area contributed by atoms with Gasteiger partial charge in [-0.05, 0) is 26.7 Å². The summed E-state index contributed by atoms with van der Waals surface area (Å²) in [5.74, 6) is 0. The minimum atomic E-state index is -0.183. The first kappa shape index (κ1) is 13.0. The molecule has 1 fully saturated rings. The molecule has 92 valence electrons. The molecule has 1 N–H and O–H groups in total. The summed E-state index contributed by atoms with van der Waals surface area (Å²) >= 11 is 0. The highest BCUT2D eigenvalue weighted by molar-refractivity contribution is 5.67. The third-order valence-electron chi connectivity index (χ3n) is 2.87. The second-order valence-corrected chi connectivity index (χ2v) is 4.15. The number of nitrogens with one attached hydrogen (secondary N) is 1. The van der Waals surface area contributed by atoms with Crippen LogP contribution < -0.4 is 5.32 Å². The highest BCUT2D eigenvalue weighted by Crippen LogP contribution is 2.12. The first-order valence-corrected chi connectivity index (χ1v) is 5.97. The van der Waals surface area contributed by atoms with E-state index in [2.05, 4.69) is 18.8 Å². The molecule has 0 bridgehead atoms. The predicted octanol–water partition coefficient (Wildman–Crippen LogP) is 1.77. The quantitative estimate of drug-likeness (QED) is 0.743. The summed E-state index contributed by atoms with van der Waals surface area (Å²) in [6, 6.07) is 0.817. The number of ether oxygens (including phenoxy) is 1. The van der Waals surface area contributed by atoms with Gasteiger partial charge in [0.05, 0.1) is 6.61 Å². The molecule has 0 aromatic rings. The van der Waals surface area contributed by atoms with E-state index in [1.807, 2.05) is 13.0 Å². The second-order valence-electron chi connectivity index (χ2n) is 4.15. The lowest BCUT2D eigenvalue weighted by molar-refractivity contribution is 0.0948. The number of hydrogen-bond donors (Lipinski definition) is 1. The summed E-state index contributed by atoms with van der Waals surface area (Å²) in [6.45, 7) is 9.67. The fourth-order valence-corrected chi connectivity index (χ4v) is 1.88. The monoisotopic (exact) mass is 226 g/mol. The molecule has 0 spiro atoms. The Morgan fingerprint density at radius 3 is 2.75 bits per heavy atom. The van der Waals surface area contributed by atoms with Crippen molar-refractivity contribution >= 4 is 6.09 Å². The van der Waals surface area contributed by atoms with Crippen molar-refractivity contribution in [1.82, 2.24) is 10.2 Å². The Morgan fingerprint density at radius 1 is 1.62 bits per heavy atom. The maximum Gasteiger partial charge on any atom is 0.409 e. The van der Waals surface area contributed by atoms with E-state index >= 15 is 0 Å². The van der Waals surface area contributed by atoms with Crippen LogP contribution >= 0.6 is 0 Å². The van der Waals surface area contributed by atoms with Gasteiger partial charge in [-0.15, -0.1) is 6.58 Å². The van der Waals surface area contributed by atoms with E-state index in [0.717, 1.165) is 25.9 Å². The van der Waals surface area contributed by atoms with E-state index in [1.165, 1.54) is 0 Å². The summed E-state index contributed by atoms with van der Waals surface area (Å²) in [5.41, 5.74) is 0. The topological polar surface area (TPSA) is 41.6 Å². The van der Waals surface area contributed by atoms with Crippen molar-refractivity contribution < 1.29 is 9.53 Å². The smallest absolute Gasteiger partial charge is 0.409 e. The van der Waals surface area contributed by atoms with Gasteiger partial charge in [-0.25, -0.2) is 4.79 Å². The largest absolute Gasteiger partial charge is 0.450 e. The molecular formula is C12H22N2O2. The standard InChI is InChI=1S/C12H22N2O2/c1-4-10(3)13-11-6-8-14(9-7-11)12(15)16-5-2/h4,10-11,13H,1,5-9H2,2-3H3. The van der Waals surface area contributed by atoms with Gasteiger partial charge < -0.3 is 15.0 Å². The molecular weight excluding hydrogens is 204 g/mol. The first-order valence-electron chi connectivity index (χ1n) is 5.97. The average Bonchev–Trinajstić information content (AvgIpc) is 2.30. The lowest BCUT2D eigenvalue weighted by Gasteiger charge is -2.32. The number of carbonyl (C=O) groups is 1. The van der Waals surface area contributed by atoms with Gasteiger partial charge in [0, 0.05) is 25.2 Å². The van der Waals surface area contributed by atoms with Crippen LogP contribution in [-0.4, -0.2) is 42.8 Å². The molecule has 0 aromatic heterocycles. The number of hydrogen-bond acceptors (Lipinski definition) is 3. The van der Waals surface area contributed by atoms with Crippen molar-refractivity contribution in [3.63, 3.8) is 0 Å². The Morgan fingerprint density at radius 2 is 2.25 bits per heavy atom. The van der Waals surface area contributed by atoms with Crippen LogP contribution in [-0.2, 0) is 4.74 Å². The number of amides is 1. The van der Waals surface area contributed by atoms with Crippen LogP contribution in [0.2, 0.25) is 0 Å². The molecule has 1 rings (SSSR count). The molecule has 1 saturated heterocycles. The van der Waals surface area contributed by atoms with Gasteiger partial charge in [0.2, 0.25) is 0 Å². The molecule has 1 amide bonds. The normalized spacial score (nSPS) is 19.2. The molecule has 0 radical (unpaired) electrons. The molecule has 1 heterocycles. The van der Waals surface area contributed by atoms with E-state index in [1.54, 1.807) is 4.90 Å². The van der Waals surface area contributed by atoms with Crippen molar-refractivity contribution in [2.24, 2.45) is 0 Å². The van der Waals surface area contributed by atoms with Crippen LogP contribution in [0.15, 0.2) is 12.7 Å². The van der Waals surface area contributed by atoms with E-state index in [0.29, 0.717) is 18.7 Å². The second kappa shape index (κ2) is 6.53. The first-order chi connectivity index (χ1) is 7.67. The van der Waals surface area contributed by atoms with Gasteiger partial charge >= 0.3 is 6.09 Å². The molecule has 16 heavy (non-hydrogen) atoms. The Labute approximate surface area is 97.6 Å². The zero-order valence-electron chi connectivity index (χ0n) is 10.2. The van der Waals surface area contributed by atoms with E-state index in [4.69, 9.17) is 4.74 Å². The van der Waals surface area contributed by atoms with Gasteiger partial charge in [0.1, 0.15) is 0 Å². The summed E-state index contributed by atoms with van der Waals surface area (Å²) in [5, 5.41) is 3.46. The zero-order valence-corrected chi connectivity index (χ0v) is 10.2. The summed E-state index contributed by atoms with van der Waals surface area (Å²) in [4.78, 5) is 13.2. The minimum absolute atomic E-state index is 0.183. The van der Waals surface area contributed by atoms with E-state index in [-0.39, 0.29) is 6.09 Å². The highest BCUT2D eigenvalue weighted by Gasteiger charge is 2.23. The van der Waals surface area contributed by atoms with Crippen LogP contribution in [0.5, 0.6) is 0 Å². The molecule has 1 aliphatic heterocycles. The van der Waals surface area contributed by atoms with Crippen molar-refractivity contribution in [1.29, 1.82) is 0 Å². The molecule has 1 aliphatic rings. The van der Waals surface area contributed by atoms with E-state index in [9.17, 15) is 4.79 Å². The predicted molar refractivity (Wildman–Crippen MR) is 64.4 cm³/mol. The van der Waals surface area contributed by atoms with Crippen molar-refractivity contribution in [3.8, 4) is 0 Å². The number of rotatable bonds is 4. The van der Waals surface area contributed by atoms with Gasteiger partial charge in [-0.2, -0.15) is 0 Å². The third kappa shape index (κ3) is 3.85. The number of nitrogens with zero attached hydrogens (tertiary/aromatic N) is 1. The lowest BCUT2D eigenvalue weighted by Crippen LogP contribution is -2.46. The fraction of sp³-hybridized carbons (Fsp3) is 0.750. The van der Waals surface area contributed by atoms with Gasteiger partial charge in [0.25, 0.3) is 0 Å². The minimum Gasteiger partial charge on any atom is -0.450 e. The SMILES string of the molecule is C=CC(C)NC1CCN(C(=O)OCC)CC1. The van der Waals surface area contributed by atoms with Crippen LogP contribution in [0.25, 0.3) is 0 Å². The fourth-order valence-electron chi connectivity index (χ4n) is 1.88. The van der Waals surface area contributed by atoms with Crippen molar-refractivity contribution in [3.05, 3.63) is 12.7 Å². The zero-order chi connectivity index (χ0) is 12.0. The maximum absolute atomic E-state index is 11.5. The number of piperidine rings is 1. The van der Waals surface area contributed by atoms with Crippen LogP contribution in [0, 0.1) is 0 Å². The summed E-state index contributed by atoms with van der Waals surface area (Å²) in [7, 11) is 0. The molecule has 4 heteroatoms. The molecule has 0 aromatic carbocycles. The third-order valence-corrected chi connectivity index (χ3v) is 2.87. The Bertz CT molecular complexity index is 235. The Balaban J connectivity index is 2.28. The number of likely N-dealkylation sites (tertiary alicyclic amines) is 1. The molecule has 0 aliphatic carbocycles. The van der Waals surface area contributed by atoms with E-state index < -0.39 is 0 Å². The summed E-state index contributed by atoms with van der Waals surface area (Å²) < 4.78 is 4.97. The average molecular weight is 226 g/mol. The Hall–Kier alpha value is -1.03. The number of carbonyl (C=O) groups excluding carboxylic acids is 1. The molecule has 1 unspecified atom stereocenters. The molecule has 1 atom stereocenters. The molecule has 4 nitrogen and oxygen atoms in total. The van der Waals surface area contributed by atoms with Gasteiger partial charge in [-0.1, -0.05) is 6.08 Å². The highest BCUT2D eigenvalue weighted by atomic mass is 16.6. The van der Waals surface area contributed by atoms with Gasteiger partial charge in [0.15, 0.2) is 0 Å². The van der Waals surface area contributed by atoms with Crippen LogP contribution in [0.3, 0.4) is 0 Å². The van der Waals surface area contributed by atoms with Crippen molar-refractivity contribution in [2.45, 2.75) is 38.8 Å². The lowest BCUT2D eigenvalue weighted by atomic mass is 10.0. The molecule has 0 saturated carbocycles. The Kier molecular flexibility index (Phi) is 5.32. The van der Waals surface area contributed by atoms with Gasteiger partial charge in [-0.3, -0.25) is 0 Å². The summed E-state index contributed by atoms with van der Waals surface area (Å²) in [6.07, 6.45) is 3.68. The van der Waals surface area contributed by atoms with Crippen molar-refractivity contribution in [2.75, 3.05) is 19.7 Å².